The van der Waals surface area contributed by atoms with Crippen molar-refractivity contribution >= 4 is 11.9 Å². The van der Waals surface area contributed by atoms with Crippen LogP contribution in [0.4, 0.5) is 0 Å². The first-order valence-corrected chi connectivity index (χ1v) is 6.51. The molecule has 0 aliphatic heterocycles. The van der Waals surface area contributed by atoms with Gasteiger partial charge >= 0.3 is 11.9 Å². The zero-order valence-corrected chi connectivity index (χ0v) is 12.0. The zero-order valence-electron chi connectivity index (χ0n) is 12.0. The van der Waals surface area contributed by atoms with E-state index in [2.05, 4.69) is 0 Å². The van der Waals surface area contributed by atoms with Gasteiger partial charge in [-0.05, 0) is 24.5 Å². The minimum Gasteiger partial charge on any atom is -0.478 e. The van der Waals surface area contributed by atoms with Gasteiger partial charge in [0.15, 0.2) is 0 Å². The second kappa shape index (κ2) is 9.14. The number of carbonyl (C=O) groups is 2. The summed E-state index contributed by atoms with van der Waals surface area (Å²) < 4.78 is 5.03. The Labute approximate surface area is 114 Å². The third-order valence-corrected chi connectivity index (χ3v) is 2.31. The van der Waals surface area contributed by atoms with Gasteiger partial charge in [0, 0.05) is 0 Å². The van der Waals surface area contributed by atoms with Gasteiger partial charge in [0.2, 0.25) is 0 Å². The van der Waals surface area contributed by atoms with E-state index in [1.54, 1.807) is 12.1 Å². The molecule has 1 N–H and O–H groups in total. The van der Waals surface area contributed by atoms with Crippen LogP contribution in [0.2, 0.25) is 0 Å². The molecule has 0 radical (unpaired) electrons. The maximum Gasteiger partial charge on any atom is 0.339 e. The maximum absolute atomic E-state index is 11.7. The summed E-state index contributed by atoms with van der Waals surface area (Å²) in [6.45, 7) is 8.36. The van der Waals surface area contributed by atoms with Crippen molar-refractivity contribution in [1.29, 1.82) is 0 Å². The topological polar surface area (TPSA) is 63.6 Å². The highest BCUT2D eigenvalue weighted by atomic mass is 16.5. The van der Waals surface area contributed by atoms with E-state index >= 15 is 0 Å². The maximum atomic E-state index is 11.7. The Morgan fingerprint density at radius 1 is 1.16 bits per heavy atom. The molecule has 0 aromatic heterocycles. The lowest BCUT2D eigenvalue weighted by atomic mass is 10.1. The number of carboxylic acids is 1. The van der Waals surface area contributed by atoms with Crippen LogP contribution in [0.1, 0.15) is 54.8 Å². The van der Waals surface area contributed by atoms with E-state index in [1.807, 2.05) is 27.7 Å². The summed E-state index contributed by atoms with van der Waals surface area (Å²) in [4.78, 5) is 22.6. The van der Waals surface area contributed by atoms with Gasteiger partial charge in [-0.15, -0.1) is 0 Å². The summed E-state index contributed by atoms with van der Waals surface area (Å²) in [6.07, 6.45) is 0.765. The van der Waals surface area contributed by atoms with Crippen LogP contribution in [0, 0.1) is 5.92 Å². The molecule has 0 bridgehead atoms. The number of hydrogen-bond donors (Lipinski definition) is 1. The Morgan fingerprint density at radius 3 is 2.16 bits per heavy atom. The molecule has 0 amide bonds. The lowest BCUT2D eigenvalue weighted by molar-refractivity contribution is 0.0478. The Hall–Kier alpha value is -1.84. The van der Waals surface area contributed by atoms with Crippen LogP contribution in [-0.4, -0.2) is 23.7 Å². The van der Waals surface area contributed by atoms with E-state index in [0.717, 1.165) is 6.42 Å². The minimum absolute atomic E-state index is 0.0259. The SMILES string of the molecule is CC.CC(C)CCOC(=O)c1ccccc1C(=O)O. The van der Waals surface area contributed by atoms with Gasteiger partial charge in [0.05, 0.1) is 17.7 Å². The van der Waals surface area contributed by atoms with E-state index < -0.39 is 11.9 Å². The number of hydrogen-bond acceptors (Lipinski definition) is 3. The molecular weight excluding hydrogens is 244 g/mol. The van der Waals surface area contributed by atoms with Gasteiger partial charge in [0.25, 0.3) is 0 Å². The van der Waals surface area contributed by atoms with Crippen LogP contribution < -0.4 is 0 Å². The van der Waals surface area contributed by atoms with Gasteiger partial charge in [-0.2, -0.15) is 0 Å². The first-order valence-electron chi connectivity index (χ1n) is 6.51. The smallest absolute Gasteiger partial charge is 0.339 e. The van der Waals surface area contributed by atoms with Crippen molar-refractivity contribution in [2.75, 3.05) is 6.61 Å². The second-order valence-corrected chi connectivity index (χ2v) is 4.17. The minimum atomic E-state index is -1.12. The summed E-state index contributed by atoms with van der Waals surface area (Å²) in [7, 11) is 0. The fraction of sp³-hybridized carbons (Fsp3) is 0.467. The quantitative estimate of drug-likeness (QED) is 0.827. The van der Waals surface area contributed by atoms with E-state index in [9.17, 15) is 9.59 Å². The van der Waals surface area contributed by atoms with E-state index in [-0.39, 0.29) is 11.1 Å². The zero-order chi connectivity index (χ0) is 14.8. The third-order valence-electron chi connectivity index (χ3n) is 2.31. The fourth-order valence-corrected chi connectivity index (χ4v) is 1.31. The van der Waals surface area contributed by atoms with E-state index in [4.69, 9.17) is 9.84 Å². The summed E-state index contributed by atoms with van der Waals surface area (Å²) >= 11 is 0. The molecular formula is C15H22O4. The van der Waals surface area contributed by atoms with Gasteiger partial charge in [-0.25, -0.2) is 9.59 Å². The number of carboxylic acid groups (broad SMARTS) is 1. The number of benzene rings is 1. The fourth-order valence-electron chi connectivity index (χ4n) is 1.31. The van der Waals surface area contributed by atoms with E-state index in [0.29, 0.717) is 12.5 Å². The number of esters is 1. The molecule has 0 fully saturated rings. The van der Waals surface area contributed by atoms with Crippen LogP contribution in [0.15, 0.2) is 24.3 Å². The molecule has 0 saturated heterocycles. The standard InChI is InChI=1S/C13H16O4.C2H6/c1-9(2)7-8-17-13(16)11-6-4-3-5-10(11)12(14)15;1-2/h3-6,9H,7-8H2,1-2H3,(H,14,15);1-2H3. The Kier molecular flexibility index (Phi) is 8.25. The molecule has 0 heterocycles. The molecule has 0 unspecified atom stereocenters. The Bertz CT molecular complexity index is 410. The monoisotopic (exact) mass is 266 g/mol. The van der Waals surface area contributed by atoms with Gasteiger partial charge < -0.3 is 9.84 Å². The van der Waals surface area contributed by atoms with Crippen molar-refractivity contribution in [2.24, 2.45) is 5.92 Å². The number of ether oxygens (including phenoxy) is 1. The predicted molar refractivity (Wildman–Crippen MR) is 74.5 cm³/mol. The molecule has 4 nitrogen and oxygen atoms in total. The van der Waals surface area contributed by atoms with Crippen molar-refractivity contribution in [3.05, 3.63) is 35.4 Å². The van der Waals surface area contributed by atoms with Crippen LogP contribution >= 0.6 is 0 Å². The summed E-state index contributed by atoms with van der Waals surface area (Å²) in [5.74, 6) is -1.26. The predicted octanol–water partition coefficient (Wildman–Crippen LogP) is 3.61. The molecule has 1 aromatic rings. The average Bonchev–Trinajstić information content (AvgIpc) is 2.40. The van der Waals surface area contributed by atoms with Crippen molar-refractivity contribution in [2.45, 2.75) is 34.1 Å². The van der Waals surface area contributed by atoms with Crippen LogP contribution in [0.3, 0.4) is 0 Å². The number of carbonyl (C=O) groups excluding carboxylic acids is 1. The van der Waals surface area contributed by atoms with Crippen molar-refractivity contribution < 1.29 is 19.4 Å². The number of rotatable bonds is 5. The number of aromatic carboxylic acids is 1. The van der Waals surface area contributed by atoms with Crippen molar-refractivity contribution in [3.8, 4) is 0 Å². The molecule has 0 aliphatic carbocycles. The third kappa shape index (κ3) is 6.04. The molecule has 0 saturated carbocycles. The average molecular weight is 266 g/mol. The van der Waals surface area contributed by atoms with Crippen molar-refractivity contribution in [3.63, 3.8) is 0 Å². The van der Waals surface area contributed by atoms with Gasteiger partial charge in [0.1, 0.15) is 0 Å². The summed E-state index contributed by atoms with van der Waals surface area (Å²) in [5, 5.41) is 8.92. The molecule has 1 rings (SSSR count). The molecule has 4 heteroatoms. The summed E-state index contributed by atoms with van der Waals surface area (Å²) in [6, 6.07) is 6.04. The molecule has 19 heavy (non-hydrogen) atoms. The van der Waals surface area contributed by atoms with Gasteiger partial charge in [-0.1, -0.05) is 39.8 Å². The first-order chi connectivity index (χ1) is 9.02. The van der Waals surface area contributed by atoms with Crippen molar-refractivity contribution in [1.82, 2.24) is 0 Å². The molecule has 0 atom stereocenters. The Balaban J connectivity index is 0.00000154. The van der Waals surface area contributed by atoms with Gasteiger partial charge in [-0.3, -0.25) is 0 Å². The molecule has 106 valence electrons. The highest BCUT2D eigenvalue weighted by Gasteiger charge is 2.16. The lowest BCUT2D eigenvalue weighted by Gasteiger charge is -2.08. The largest absolute Gasteiger partial charge is 0.478 e. The molecule has 0 spiro atoms. The normalized spacial score (nSPS) is 9.53. The van der Waals surface area contributed by atoms with Crippen LogP contribution in [0.5, 0.6) is 0 Å². The first kappa shape index (κ1) is 17.2. The summed E-state index contributed by atoms with van der Waals surface area (Å²) in [5.41, 5.74) is 0.0748. The lowest BCUT2D eigenvalue weighted by Crippen LogP contribution is -2.12. The Morgan fingerprint density at radius 2 is 1.68 bits per heavy atom. The highest BCUT2D eigenvalue weighted by molar-refractivity contribution is 6.02. The second-order valence-electron chi connectivity index (χ2n) is 4.17. The van der Waals surface area contributed by atoms with E-state index in [1.165, 1.54) is 12.1 Å². The van der Waals surface area contributed by atoms with Crippen LogP contribution in [0.25, 0.3) is 0 Å². The molecule has 0 aliphatic rings. The molecule has 1 aromatic carbocycles. The highest BCUT2D eigenvalue weighted by Crippen LogP contribution is 2.11. The van der Waals surface area contributed by atoms with Crippen LogP contribution in [-0.2, 0) is 4.74 Å².